The van der Waals surface area contributed by atoms with Gasteiger partial charge in [0.25, 0.3) is 0 Å². The molecule has 16 heavy (non-hydrogen) atoms. The molecule has 1 unspecified atom stereocenters. The summed E-state index contributed by atoms with van der Waals surface area (Å²) in [6.07, 6.45) is 1.33. The van der Waals surface area contributed by atoms with Gasteiger partial charge < -0.3 is 4.74 Å². The molecule has 4 nitrogen and oxygen atoms in total. The second kappa shape index (κ2) is 4.71. The molecule has 0 aliphatic heterocycles. The molecule has 0 radical (unpaired) electrons. The van der Waals surface area contributed by atoms with Gasteiger partial charge in [0.05, 0.1) is 12.7 Å². The molecule has 0 bridgehead atoms. The van der Waals surface area contributed by atoms with Crippen LogP contribution in [-0.4, -0.2) is 17.6 Å². The van der Waals surface area contributed by atoms with E-state index >= 15 is 0 Å². The first-order valence-corrected chi connectivity index (χ1v) is 4.75. The number of aromatic nitrogens is 1. The van der Waals surface area contributed by atoms with Gasteiger partial charge in [0.2, 0.25) is 0 Å². The van der Waals surface area contributed by atoms with Gasteiger partial charge in [0.15, 0.2) is 5.41 Å². The number of nitriles is 1. The topological polar surface area (TPSA) is 63.0 Å². The van der Waals surface area contributed by atoms with Crippen molar-refractivity contribution >= 4 is 5.97 Å². The summed E-state index contributed by atoms with van der Waals surface area (Å²) in [5.74, 6) is -1.49. The number of rotatable bonds is 3. The molecule has 0 saturated carbocycles. The monoisotopic (exact) mass is 222 g/mol. The highest BCUT2D eigenvalue weighted by molar-refractivity contribution is 5.85. The average molecular weight is 222 g/mol. The molecule has 1 aromatic rings. The van der Waals surface area contributed by atoms with Crippen LogP contribution in [0.15, 0.2) is 18.3 Å². The molecule has 1 atom stereocenters. The van der Waals surface area contributed by atoms with Crippen LogP contribution >= 0.6 is 0 Å². The molecule has 1 rings (SSSR count). The van der Waals surface area contributed by atoms with Gasteiger partial charge in [-0.05, 0) is 26.0 Å². The van der Waals surface area contributed by atoms with Crippen LogP contribution in [0.1, 0.15) is 19.5 Å². The van der Waals surface area contributed by atoms with Gasteiger partial charge in [0, 0.05) is 6.20 Å². The standard InChI is InChI=1S/C11H11FN2O2/c1-3-16-10(15)11(2,7-13)9-8(12)5-4-6-14-9/h4-6H,3H2,1-2H3. The fourth-order valence-electron chi connectivity index (χ4n) is 1.22. The molecule has 0 N–H and O–H groups in total. The zero-order chi connectivity index (χ0) is 12.2. The number of ether oxygens (including phenoxy) is 1. The van der Waals surface area contributed by atoms with Crippen LogP contribution in [0.4, 0.5) is 4.39 Å². The van der Waals surface area contributed by atoms with Gasteiger partial charge in [0.1, 0.15) is 11.5 Å². The molecule has 0 aromatic carbocycles. The molecule has 0 fully saturated rings. The highest BCUT2D eigenvalue weighted by Gasteiger charge is 2.40. The van der Waals surface area contributed by atoms with E-state index in [9.17, 15) is 9.18 Å². The van der Waals surface area contributed by atoms with Crippen molar-refractivity contribution in [2.75, 3.05) is 6.61 Å². The second-order valence-corrected chi connectivity index (χ2v) is 3.29. The maximum absolute atomic E-state index is 13.5. The van der Waals surface area contributed by atoms with E-state index in [2.05, 4.69) is 4.98 Å². The lowest BCUT2D eigenvalue weighted by Gasteiger charge is -2.18. The molecule has 0 aliphatic carbocycles. The van der Waals surface area contributed by atoms with Gasteiger partial charge in [-0.2, -0.15) is 5.26 Å². The Balaban J connectivity index is 3.21. The van der Waals surface area contributed by atoms with Crippen LogP contribution < -0.4 is 0 Å². The van der Waals surface area contributed by atoms with Crippen LogP contribution in [0.5, 0.6) is 0 Å². The Morgan fingerprint density at radius 2 is 2.44 bits per heavy atom. The van der Waals surface area contributed by atoms with Crippen molar-refractivity contribution in [3.05, 3.63) is 29.8 Å². The Kier molecular flexibility index (Phi) is 3.56. The number of esters is 1. The third-order valence-corrected chi connectivity index (χ3v) is 2.14. The van der Waals surface area contributed by atoms with Gasteiger partial charge >= 0.3 is 5.97 Å². The summed E-state index contributed by atoms with van der Waals surface area (Å²) in [4.78, 5) is 15.3. The molecular formula is C11H11FN2O2. The third-order valence-electron chi connectivity index (χ3n) is 2.14. The Morgan fingerprint density at radius 1 is 1.75 bits per heavy atom. The van der Waals surface area contributed by atoms with E-state index in [1.165, 1.54) is 19.2 Å². The summed E-state index contributed by atoms with van der Waals surface area (Å²) in [5.41, 5.74) is -1.92. The lowest BCUT2D eigenvalue weighted by molar-refractivity contribution is -0.147. The predicted octanol–water partition coefficient (Wildman–Crippen LogP) is 1.57. The van der Waals surface area contributed by atoms with E-state index in [1.807, 2.05) is 0 Å². The zero-order valence-corrected chi connectivity index (χ0v) is 9.03. The normalized spacial score (nSPS) is 13.6. The summed E-state index contributed by atoms with van der Waals surface area (Å²) >= 11 is 0. The number of nitrogens with zero attached hydrogens (tertiary/aromatic N) is 2. The SMILES string of the molecule is CCOC(=O)C(C)(C#N)c1ncccc1F. The van der Waals surface area contributed by atoms with Crippen LogP contribution in [-0.2, 0) is 14.9 Å². The summed E-state index contributed by atoms with van der Waals surface area (Å²) in [5, 5.41) is 9.00. The van der Waals surface area contributed by atoms with Crippen LogP contribution in [0.25, 0.3) is 0 Å². The number of carbonyl (C=O) groups excluding carboxylic acids is 1. The lowest BCUT2D eigenvalue weighted by Crippen LogP contribution is -2.34. The summed E-state index contributed by atoms with van der Waals surface area (Å²) in [7, 11) is 0. The highest BCUT2D eigenvalue weighted by Crippen LogP contribution is 2.24. The average Bonchev–Trinajstić information content (AvgIpc) is 2.29. The number of halogens is 1. The molecule has 1 aromatic heterocycles. The highest BCUT2D eigenvalue weighted by atomic mass is 19.1. The summed E-state index contributed by atoms with van der Waals surface area (Å²) in [6.45, 7) is 3.03. The third kappa shape index (κ3) is 2.01. The maximum atomic E-state index is 13.5. The summed E-state index contributed by atoms with van der Waals surface area (Å²) < 4.78 is 18.2. The zero-order valence-electron chi connectivity index (χ0n) is 9.03. The Bertz CT molecular complexity index is 442. The van der Waals surface area contributed by atoms with Crippen LogP contribution in [0.3, 0.4) is 0 Å². The van der Waals surface area contributed by atoms with Crippen molar-refractivity contribution in [3.8, 4) is 6.07 Å². The molecule has 0 spiro atoms. The van der Waals surface area contributed by atoms with E-state index in [1.54, 1.807) is 13.0 Å². The minimum atomic E-state index is -1.71. The molecular weight excluding hydrogens is 211 g/mol. The minimum Gasteiger partial charge on any atom is -0.465 e. The number of hydrogen-bond acceptors (Lipinski definition) is 4. The van der Waals surface area contributed by atoms with E-state index in [0.717, 1.165) is 6.07 Å². The molecule has 84 valence electrons. The van der Waals surface area contributed by atoms with Crippen molar-refractivity contribution in [3.63, 3.8) is 0 Å². The van der Waals surface area contributed by atoms with E-state index in [4.69, 9.17) is 10.00 Å². The Labute approximate surface area is 92.7 Å². The first kappa shape index (κ1) is 12.1. The van der Waals surface area contributed by atoms with Crippen LogP contribution in [0, 0.1) is 17.1 Å². The van der Waals surface area contributed by atoms with E-state index < -0.39 is 17.2 Å². The smallest absolute Gasteiger partial charge is 0.332 e. The van der Waals surface area contributed by atoms with Crippen molar-refractivity contribution in [2.45, 2.75) is 19.3 Å². The largest absolute Gasteiger partial charge is 0.465 e. The number of hydrogen-bond donors (Lipinski definition) is 0. The fourth-order valence-corrected chi connectivity index (χ4v) is 1.22. The van der Waals surface area contributed by atoms with Crippen molar-refractivity contribution in [2.24, 2.45) is 0 Å². The fraction of sp³-hybridized carbons (Fsp3) is 0.364. The van der Waals surface area contributed by atoms with E-state index in [-0.39, 0.29) is 12.3 Å². The quantitative estimate of drug-likeness (QED) is 0.728. The van der Waals surface area contributed by atoms with Gasteiger partial charge in [-0.25, -0.2) is 9.18 Å². The Morgan fingerprint density at radius 3 is 2.94 bits per heavy atom. The molecule has 0 amide bonds. The van der Waals surface area contributed by atoms with Crippen molar-refractivity contribution in [1.82, 2.24) is 4.98 Å². The first-order valence-electron chi connectivity index (χ1n) is 4.75. The van der Waals surface area contributed by atoms with Crippen molar-refractivity contribution < 1.29 is 13.9 Å². The second-order valence-electron chi connectivity index (χ2n) is 3.29. The predicted molar refractivity (Wildman–Crippen MR) is 53.8 cm³/mol. The lowest BCUT2D eigenvalue weighted by atomic mass is 9.88. The minimum absolute atomic E-state index is 0.130. The van der Waals surface area contributed by atoms with Crippen LogP contribution in [0.2, 0.25) is 0 Å². The number of carbonyl (C=O) groups is 1. The molecule has 0 saturated heterocycles. The van der Waals surface area contributed by atoms with Gasteiger partial charge in [-0.1, -0.05) is 0 Å². The molecule has 1 heterocycles. The van der Waals surface area contributed by atoms with Gasteiger partial charge in [-0.3, -0.25) is 4.98 Å². The summed E-state index contributed by atoms with van der Waals surface area (Å²) in [6, 6.07) is 4.28. The first-order chi connectivity index (χ1) is 7.56. The Hall–Kier alpha value is -1.96. The van der Waals surface area contributed by atoms with E-state index in [0.29, 0.717) is 0 Å². The van der Waals surface area contributed by atoms with Crippen molar-refractivity contribution in [1.29, 1.82) is 5.26 Å². The number of pyridine rings is 1. The maximum Gasteiger partial charge on any atom is 0.332 e. The van der Waals surface area contributed by atoms with Gasteiger partial charge in [-0.15, -0.1) is 0 Å². The molecule has 0 aliphatic rings. The molecule has 5 heteroatoms.